The minimum absolute atomic E-state index is 0.120. The summed E-state index contributed by atoms with van der Waals surface area (Å²) in [6.07, 6.45) is 3.09. The first-order valence-electron chi connectivity index (χ1n) is 9.77. The molecule has 4 heterocycles. The van der Waals surface area contributed by atoms with Gasteiger partial charge >= 0.3 is 0 Å². The van der Waals surface area contributed by atoms with Gasteiger partial charge in [-0.15, -0.1) is 0 Å². The second-order valence-electron chi connectivity index (χ2n) is 7.33. The van der Waals surface area contributed by atoms with Crippen LogP contribution in [0.2, 0.25) is 5.02 Å². The van der Waals surface area contributed by atoms with Crippen LogP contribution >= 0.6 is 23.4 Å². The quantitative estimate of drug-likeness (QED) is 0.416. The van der Waals surface area contributed by atoms with Gasteiger partial charge in [0.1, 0.15) is 11.5 Å². The van der Waals surface area contributed by atoms with Crippen molar-refractivity contribution in [1.29, 1.82) is 0 Å². The Kier molecular flexibility index (Phi) is 4.88. The highest BCUT2D eigenvalue weighted by Gasteiger charge is 2.26. The molecular weight excluding hydrogens is 422 g/mol. The van der Waals surface area contributed by atoms with Crippen LogP contribution in [0.5, 0.6) is 0 Å². The predicted molar refractivity (Wildman–Crippen MR) is 120 cm³/mol. The zero-order valence-electron chi connectivity index (χ0n) is 16.3. The third-order valence-corrected chi connectivity index (χ3v) is 6.59. The molecule has 0 bridgehead atoms. The standard InChI is InChI=1S/C20H20ClN7OS/c1-2-13-16(21)15-17(25-13)26-20(27-18(15)28-6-5-10(22)8-28)30-11-3-4-14-12(7-11)19(29)24-9-23-14/h3-4,7,9-10H,2,5-6,8,22H2,1H3,(H,23,24,29)(H,25,26,27)/t10-/m1/s1. The molecule has 1 atom stereocenters. The number of halogens is 1. The van der Waals surface area contributed by atoms with Crippen molar-refractivity contribution in [3.8, 4) is 0 Å². The Balaban J connectivity index is 1.61. The average molecular weight is 442 g/mol. The van der Waals surface area contributed by atoms with Crippen molar-refractivity contribution in [3.05, 3.63) is 45.6 Å². The van der Waals surface area contributed by atoms with E-state index in [2.05, 4.69) is 19.9 Å². The highest BCUT2D eigenvalue weighted by Crippen LogP contribution is 2.37. The van der Waals surface area contributed by atoms with Crippen molar-refractivity contribution >= 4 is 51.1 Å². The SMILES string of the molecule is CCc1[nH]c2nc(Sc3ccc4nc[nH]c(=O)c4c3)nc(N3CC[C@@H](N)C3)c2c1Cl. The van der Waals surface area contributed by atoms with Crippen molar-refractivity contribution in [1.82, 2.24) is 24.9 Å². The Morgan fingerprint density at radius 1 is 1.37 bits per heavy atom. The van der Waals surface area contributed by atoms with E-state index in [1.807, 2.05) is 25.1 Å². The molecule has 154 valence electrons. The average Bonchev–Trinajstić information content (AvgIpc) is 3.31. The van der Waals surface area contributed by atoms with Gasteiger partial charge in [-0.1, -0.05) is 18.5 Å². The number of rotatable bonds is 4. The van der Waals surface area contributed by atoms with Crippen LogP contribution in [0.25, 0.3) is 21.9 Å². The molecule has 3 aromatic heterocycles. The van der Waals surface area contributed by atoms with E-state index in [0.29, 0.717) is 26.7 Å². The van der Waals surface area contributed by atoms with Gasteiger partial charge in [-0.2, -0.15) is 0 Å². The second-order valence-corrected chi connectivity index (χ2v) is 8.75. The van der Waals surface area contributed by atoms with Crippen LogP contribution < -0.4 is 16.2 Å². The second kappa shape index (κ2) is 7.57. The van der Waals surface area contributed by atoms with Crippen LogP contribution in [0.4, 0.5) is 5.82 Å². The molecule has 1 fully saturated rings. The lowest BCUT2D eigenvalue weighted by atomic mass is 10.2. The summed E-state index contributed by atoms with van der Waals surface area (Å²) in [5.74, 6) is 0.803. The first kappa shape index (κ1) is 19.3. The van der Waals surface area contributed by atoms with Crippen molar-refractivity contribution in [3.63, 3.8) is 0 Å². The lowest BCUT2D eigenvalue weighted by Gasteiger charge is -2.18. The number of nitrogens with one attached hydrogen (secondary N) is 2. The van der Waals surface area contributed by atoms with Crippen LogP contribution in [0.15, 0.2) is 39.4 Å². The number of benzene rings is 1. The normalized spacial score (nSPS) is 16.8. The minimum atomic E-state index is -0.172. The van der Waals surface area contributed by atoms with Gasteiger partial charge in [0.25, 0.3) is 5.56 Å². The Bertz CT molecular complexity index is 1320. The van der Waals surface area contributed by atoms with Crippen LogP contribution in [0, 0.1) is 0 Å². The third-order valence-electron chi connectivity index (χ3n) is 5.32. The molecule has 4 aromatic rings. The summed E-state index contributed by atoms with van der Waals surface area (Å²) in [4.78, 5) is 34.8. The molecule has 0 radical (unpaired) electrons. The summed E-state index contributed by atoms with van der Waals surface area (Å²) in [7, 11) is 0. The fourth-order valence-electron chi connectivity index (χ4n) is 3.78. The van der Waals surface area contributed by atoms with E-state index in [1.54, 1.807) is 0 Å². The monoisotopic (exact) mass is 441 g/mol. The molecule has 8 nitrogen and oxygen atoms in total. The van der Waals surface area contributed by atoms with Crippen LogP contribution in [-0.4, -0.2) is 44.1 Å². The summed E-state index contributed by atoms with van der Waals surface area (Å²) in [6, 6.07) is 5.67. The van der Waals surface area contributed by atoms with Crippen LogP contribution in [0.1, 0.15) is 19.0 Å². The van der Waals surface area contributed by atoms with E-state index in [-0.39, 0.29) is 11.6 Å². The molecule has 0 amide bonds. The number of nitrogens with zero attached hydrogens (tertiary/aromatic N) is 4. The van der Waals surface area contributed by atoms with Gasteiger partial charge in [-0.25, -0.2) is 15.0 Å². The van der Waals surface area contributed by atoms with E-state index >= 15 is 0 Å². The molecule has 1 aliphatic heterocycles. The maximum atomic E-state index is 12.1. The number of H-pyrrole nitrogens is 2. The Hall–Kier alpha value is -2.62. The predicted octanol–water partition coefficient (Wildman–Crippen LogP) is 3.10. The highest BCUT2D eigenvalue weighted by molar-refractivity contribution is 7.99. The number of fused-ring (bicyclic) bond motifs is 2. The van der Waals surface area contributed by atoms with Gasteiger partial charge < -0.3 is 20.6 Å². The molecule has 5 rings (SSSR count). The summed E-state index contributed by atoms with van der Waals surface area (Å²) in [6.45, 7) is 3.61. The Labute approximate surface area is 181 Å². The molecule has 0 aliphatic carbocycles. The molecule has 0 unspecified atom stereocenters. The number of nitrogens with two attached hydrogens (primary N) is 1. The summed E-state index contributed by atoms with van der Waals surface area (Å²) >= 11 is 8.05. The maximum absolute atomic E-state index is 12.1. The van der Waals surface area contributed by atoms with Gasteiger partial charge in [-0.05, 0) is 42.8 Å². The molecule has 0 spiro atoms. The molecule has 4 N–H and O–H groups in total. The smallest absolute Gasteiger partial charge is 0.258 e. The van der Waals surface area contributed by atoms with Gasteiger partial charge in [0.2, 0.25) is 0 Å². The van der Waals surface area contributed by atoms with E-state index in [4.69, 9.17) is 27.3 Å². The summed E-state index contributed by atoms with van der Waals surface area (Å²) < 4.78 is 0. The molecule has 1 aliphatic rings. The van der Waals surface area contributed by atoms with Gasteiger partial charge in [0.05, 0.1) is 27.6 Å². The summed E-state index contributed by atoms with van der Waals surface area (Å²) in [5, 5.41) is 2.62. The van der Waals surface area contributed by atoms with E-state index < -0.39 is 0 Å². The van der Waals surface area contributed by atoms with Crippen molar-refractivity contribution < 1.29 is 0 Å². The van der Waals surface area contributed by atoms with Crippen molar-refractivity contribution in [2.24, 2.45) is 5.73 Å². The van der Waals surface area contributed by atoms with Gasteiger partial charge in [0.15, 0.2) is 5.16 Å². The number of hydrogen-bond donors (Lipinski definition) is 3. The minimum Gasteiger partial charge on any atom is -0.354 e. The number of aryl methyl sites for hydroxylation is 1. The van der Waals surface area contributed by atoms with Crippen LogP contribution in [-0.2, 0) is 6.42 Å². The fraction of sp³-hybridized carbons (Fsp3) is 0.300. The molecular formula is C20H20ClN7OS. The largest absolute Gasteiger partial charge is 0.354 e. The van der Waals surface area contributed by atoms with E-state index in [9.17, 15) is 4.79 Å². The number of aromatic nitrogens is 5. The molecule has 1 aromatic carbocycles. The zero-order valence-corrected chi connectivity index (χ0v) is 17.8. The number of aromatic amines is 2. The fourth-order valence-corrected chi connectivity index (χ4v) is 4.93. The Morgan fingerprint density at radius 3 is 3.00 bits per heavy atom. The van der Waals surface area contributed by atoms with Crippen molar-refractivity contribution in [2.75, 3.05) is 18.0 Å². The maximum Gasteiger partial charge on any atom is 0.258 e. The number of anilines is 1. The molecule has 10 heteroatoms. The van der Waals surface area contributed by atoms with Gasteiger partial charge in [-0.3, -0.25) is 4.79 Å². The number of hydrogen-bond acceptors (Lipinski definition) is 7. The first-order chi connectivity index (χ1) is 14.5. The van der Waals surface area contributed by atoms with E-state index in [0.717, 1.165) is 47.7 Å². The highest BCUT2D eigenvalue weighted by atomic mass is 35.5. The molecule has 30 heavy (non-hydrogen) atoms. The topological polar surface area (TPSA) is 117 Å². The summed E-state index contributed by atoms with van der Waals surface area (Å²) in [5.41, 5.74) is 8.27. The lowest BCUT2D eigenvalue weighted by Crippen LogP contribution is -2.27. The molecule has 0 saturated carbocycles. The Morgan fingerprint density at radius 2 is 2.23 bits per heavy atom. The van der Waals surface area contributed by atoms with Crippen molar-refractivity contribution in [2.45, 2.75) is 35.9 Å². The van der Waals surface area contributed by atoms with Gasteiger partial charge in [0, 0.05) is 29.7 Å². The van der Waals surface area contributed by atoms with Crippen LogP contribution in [0.3, 0.4) is 0 Å². The molecule has 1 saturated heterocycles. The first-order valence-corrected chi connectivity index (χ1v) is 11.0. The third kappa shape index (κ3) is 3.32. The zero-order chi connectivity index (χ0) is 20.8. The van der Waals surface area contributed by atoms with E-state index in [1.165, 1.54) is 18.1 Å². The lowest BCUT2D eigenvalue weighted by molar-refractivity contribution is 0.751.